The van der Waals surface area contributed by atoms with E-state index in [0.717, 1.165) is 29.3 Å². The molecule has 0 bridgehead atoms. The van der Waals surface area contributed by atoms with Crippen LogP contribution in [0, 0.1) is 17.7 Å². The van der Waals surface area contributed by atoms with Crippen molar-refractivity contribution >= 4 is 34.1 Å². The maximum absolute atomic E-state index is 13.8. The number of pyridine rings is 1. The van der Waals surface area contributed by atoms with Crippen LogP contribution in [0.1, 0.15) is 43.6 Å². The number of fused-ring (bicyclic) bond motifs is 2. The topological polar surface area (TPSA) is 62.2 Å². The average molecular weight is 439 g/mol. The molecule has 4 nitrogen and oxygen atoms in total. The van der Waals surface area contributed by atoms with Gasteiger partial charge in [-0.15, -0.1) is 0 Å². The van der Waals surface area contributed by atoms with Crippen molar-refractivity contribution in [1.29, 1.82) is 0 Å². The van der Waals surface area contributed by atoms with E-state index >= 15 is 0 Å². The van der Waals surface area contributed by atoms with E-state index in [1.54, 1.807) is 42.6 Å². The Labute approximate surface area is 185 Å². The zero-order valence-electron chi connectivity index (χ0n) is 17.0. The quantitative estimate of drug-likeness (QED) is 0.550. The lowest BCUT2D eigenvalue weighted by Gasteiger charge is -2.24. The second kappa shape index (κ2) is 7.88. The third-order valence-electron chi connectivity index (χ3n) is 6.92. The van der Waals surface area contributed by atoms with Gasteiger partial charge < -0.3 is 10.4 Å². The second-order valence-corrected chi connectivity index (χ2v) is 9.55. The van der Waals surface area contributed by atoms with E-state index in [4.69, 9.17) is 11.6 Å². The van der Waals surface area contributed by atoms with Crippen LogP contribution in [0.15, 0.2) is 54.7 Å². The Hall–Kier alpha value is -2.50. The van der Waals surface area contributed by atoms with Crippen LogP contribution in [0.3, 0.4) is 0 Å². The van der Waals surface area contributed by atoms with E-state index in [0.29, 0.717) is 41.3 Å². The van der Waals surface area contributed by atoms with Crippen molar-refractivity contribution in [3.63, 3.8) is 0 Å². The zero-order chi connectivity index (χ0) is 21.6. The van der Waals surface area contributed by atoms with Crippen molar-refractivity contribution in [2.24, 2.45) is 11.8 Å². The number of aromatic nitrogens is 1. The normalized spacial score (nSPS) is 27.4. The van der Waals surface area contributed by atoms with E-state index in [1.807, 2.05) is 6.07 Å². The minimum absolute atomic E-state index is 0.0939. The number of hydrogen-bond donors (Lipinski definition) is 2. The Kier molecular flexibility index (Phi) is 5.19. The molecule has 1 amide bonds. The first-order valence-corrected chi connectivity index (χ1v) is 11.1. The summed E-state index contributed by atoms with van der Waals surface area (Å²) in [7, 11) is 0. The standard InChI is InChI=1S/C25H24ClFN2O2/c26-18-1-4-20(5-2-18)29-24(30)14-25(31)12-16-9-15(10-17(16)13-25)21-7-8-28-23-6-3-19(27)11-22(21)23/h1-8,11,15-17,31H,9-10,12-14H2,(H,29,30)/t15?,16-,17?,25?/m1/s1. The van der Waals surface area contributed by atoms with Crippen LogP contribution < -0.4 is 5.32 Å². The van der Waals surface area contributed by atoms with Crippen LogP contribution in [0.25, 0.3) is 10.9 Å². The molecule has 0 aliphatic heterocycles. The Bertz CT molecular complexity index is 1120. The van der Waals surface area contributed by atoms with Crippen LogP contribution in [0.4, 0.5) is 10.1 Å². The second-order valence-electron chi connectivity index (χ2n) is 9.11. The highest BCUT2D eigenvalue weighted by Crippen LogP contribution is 2.55. The molecule has 6 heteroatoms. The summed E-state index contributed by atoms with van der Waals surface area (Å²) in [4.78, 5) is 16.9. The predicted molar refractivity (Wildman–Crippen MR) is 120 cm³/mol. The molecule has 160 valence electrons. The van der Waals surface area contributed by atoms with Gasteiger partial charge in [0.05, 0.1) is 17.5 Å². The molecule has 2 saturated carbocycles. The first kappa shape index (κ1) is 20.4. The molecule has 3 unspecified atom stereocenters. The summed E-state index contributed by atoms with van der Waals surface area (Å²) in [6.45, 7) is 0. The number of nitrogens with one attached hydrogen (secondary N) is 1. The van der Waals surface area contributed by atoms with E-state index < -0.39 is 5.60 Å². The number of carbonyl (C=O) groups is 1. The molecule has 4 atom stereocenters. The number of halogens is 2. The van der Waals surface area contributed by atoms with Crippen molar-refractivity contribution in [2.75, 3.05) is 5.32 Å². The minimum Gasteiger partial charge on any atom is -0.389 e. The van der Waals surface area contributed by atoms with Crippen LogP contribution in [-0.4, -0.2) is 21.6 Å². The summed E-state index contributed by atoms with van der Waals surface area (Å²) in [5.41, 5.74) is 1.66. The van der Waals surface area contributed by atoms with Crippen molar-refractivity contribution in [3.05, 3.63) is 71.1 Å². The summed E-state index contributed by atoms with van der Waals surface area (Å²) in [6.07, 6.45) is 5.03. The van der Waals surface area contributed by atoms with Gasteiger partial charge in [-0.05, 0) is 97.5 Å². The van der Waals surface area contributed by atoms with E-state index in [2.05, 4.69) is 10.3 Å². The van der Waals surface area contributed by atoms with E-state index in [9.17, 15) is 14.3 Å². The van der Waals surface area contributed by atoms with Gasteiger partial charge in [-0.25, -0.2) is 4.39 Å². The van der Waals surface area contributed by atoms with Gasteiger partial charge in [-0.1, -0.05) is 11.6 Å². The molecule has 1 heterocycles. The largest absolute Gasteiger partial charge is 0.389 e. The van der Waals surface area contributed by atoms with Gasteiger partial charge in [0.15, 0.2) is 0 Å². The van der Waals surface area contributed by atoms with Crippen LogP contribution in [0.2, 0.25) is 5.02 Å². The highest BCUT2D eigenvalue weighted by Gasteiger charge is 2.49. The summed E-state index contributed by atoms with van der Waals surface area (Å²) in [5.74, 6) is 0.637. The Morgan fingerprint density at radius 1 is 1.13 bits per heavy atom. The predicted octanol–water partition coefficient (Wildman–Crippen LogP) is 5.69. The molecule has 1 aromatic heterocycles. The lowest BCUT2D eigenvalue weighted by Crippen LogP contribution is -2.32. The number of amides is 1. The number of hydrogen-bond acceptors (Lipinski definition) is 3. The minimum atomic E-state index is -0.969. The smallest absolute Gasteiger partial charge is 0.227 e. The number of benzene rings is 2. The number of aliphatic hydroxyl groups is 1. The molecule has 2 aromatic carbocycles. The third-order valence-corrected chi connectivity index (χ3v) is 7.17. The number of rotatable bonds is 4. The maximum Gasteiger partial charge on any atom is 0.227 e. The zero-order valence-corrected chi connectivity index (χ0v) is 17.8. The SMILES string of the molecule is O=C(CC1(O)CC2CC(c3ccnc4ccc(F)cc34)C[C@@H]2C1)Nc1ccc(Cl)cc1. The van der Waals surface area contributed by atoms with Gasteiger partial charge in [-0.3, -0.25) is 9.78 Å². The number of nitrogens with zero attached hydrogens (tertiary/aromatic N) is 1. The van der Waals surface area contributed by atoms with Gasteiger partial charge in [0.1, 0.15) is 5.82 Å². The molecular formula is C25H24ClFN2O2. The van der Waals surface area contributed by atoms with Gasteiger partial charge in [0.2, 0.25) is 5.91 Å². The van der Waals surface area contributed by atoms with Crippen LogP contribution in [0.5, 0.6) is 0 Å². The van der Waals surface area contributed by atoms with E-state index in [-0.39, 0.29) is 18.1 Å². The monoisotopic (exact) mass is 438 g/mol. The molecule has 5 rings (SSSR count). The molecule has 0 saturated heterocycles. The molecule has 2 aliphatic carbocycles. The van der Waals surface area contributed by atoms with Crippen molar-refractivity contribution in [3.8, 4) is 0 Å². The molecular weight excluding hydrogens is 415 g/mol. The van der Waals surface area contributed by atoms with Crippen molar-refractivity contribution in [1.82, 2.24) is 4.98 Å². The summed E-state index contributed by atoms with van der Waals surface area (Å²) < 4.78 is 13.8. The van der Waals surface area contributed by atoms with Gasteiger partial charge in [0, 0.05) is 22.3 Å². The summed E-state index contributed by atoms with van der Waals surface area (Å²) in [6, 6.07) is 13.7. The summed E-state index contributed by atoms with van der Waals surface area (Å²) >= 11 is 5.88. The lowest BCUT2D eigenvalue weighted by atomic mass is 9.87. The van der Waals surface area contributed by atoms with E-state index in [1.165, 1.54) is 6.07 Å². The Balaban J connectivity index is 1.25. The van der Waals surface area contributed by atoms with Gasteiger partial charge in [-0.2, -0.15) is 0 Å². The highest BCUT2D eigenvalue weighted by atomic mass is 35.5. The lowest BCUT2D eigenvalue weighted by molar-refractivity contribution is -0.121. The number of anilines is 1. The number of carbonyl (C=O) groups excluding carboxylic acids is 1. The maximum atomic E-state index is 13.8. The molecule has 2 fully saturated rings. The first-order chi connectivity index (χ1) is 14.9. The Morgan fingerprint density at radius 2 is 1.84 bits per heavy atom. The van der Waals surface area contributed by atoms with Crippen molar-refractivity contribution < 1.29 is 14.3 Å². The molecule has 0 spiro atoms. The average Bonchev–Trinajstić information content (AvgIpc) is 3.23. The molecule has 2 N–H and O–H groups in total. The molecule has 2 aliphatic rings. The van der Waals surface area contributed by atoms with Crippen LogP contribution >= 0.6 is 11.6 Å². The fourth-order valence-electron chi connectivity index (χ4n) is 5.70. The van der Waals surface area contributed by atoms with Crippen LogP contribution in [-0.2, 0) is 4.79 Å². The van der Waals surface area contributed by atoms with Gasteiger partial charge >= 0.3 is 0 Å². The summed E-state index contributed by atoms with van der Waals surface area (Å²) in [5, 5.41) is 15.5. The molecule has 3 aromatic rings. The fourth-order valence-corrected chi connectivity index (χ4v) is 5.83. The highest BCUT2D eigenvalue weighted by molar-refractivity contribution is 6.30. The third kappa shape index (κ3) is 4.17. The fraction of sp³-hybridized carbons (Fsp3) is 0.360. The molecule has 0 radical (unpaired) electrons. The van der Waals surface area contributed by atoms with Crippen molar-refractivity contribution in [2.45, 2.75) is 43.6 Å². The molecule has 31 heavy (non-hydrogen) atoms. The Morgan fingerprint density at radius 3 is 2.55 bits per heavy atom. The van der Waals surface area contributed by atoms with Gasteiger partial charge in [0.25, 0.3) is 0 Å². The first-order valence-electron chi connectivity index (χ1n) is 10.7.